The monoisotopic (exact) mass is 408 g/mol. The second kappa shape index (κ2) is 7.04. The highest BCUT2D eigenvalue weighted by Gasteiger charge is 2.18. The van der Waals surface area contributed by atoms with Crippen LogP contribution >= 0.6 is 22.9 Å². The van der Waals surface area contributed by atoms with E-state index in [0.717, 1.165) is 27.0 Å². The number of thiophene rings is 1. The number of hydrogen-bond acceptors (Lipinski definition) is 4. The summed E-state index contributed by atoms with van der Waals surface area (Å²) in [5, 5.41) is 28.5. The normalized spacial score (nSPS) is 10.9. The zero-order valence-electron chi connectivity index (χ0n) is 14.4. The summed E-state index contributed by atoms with van der Waals surface area (Å²) in [6.07, 6.45) is 0. The number of fused-ring (bicyclic) bond motifs is 1. The molecule has 4 aromatic rings. The summed E-state index contributed by atoms with van der Waals surface area (Å²) in [5.41, 5.74) is 3.79. The first kappa shape index (κ1) is 18.1. The van der Waals surface area contributed by atoms with Gasteiger partial charge >= 0.3 is 5.97 Å². The Kier molecular flexibility index (Phi) is 4.55. The highest BCUT2D eigenvalue weighted by Crippen LogP contribution is 2.38. The van der Waals surface area contributed by atoms with Crippen LogP contribution in [0.15, 0.2) is 54.6 Å². The molecule has 0 spiro atoms. The van der Waals surface area contributed by atoms with Gasteiger partial charge in [-0.1, -0.05) is 23.7 Å². The van der Waals surface area contributed by atoms with Gasteiger partial charge in [-0.05, 0) is 48.0 Å². The minimum absolute atomic E-state index is 0.0727. The van der Waals surface area contributed by atoms with Gasteiger partial charge in [0.2, 0.25) is 0 Å². The number of phenols is 1. The molecule has 0 radical (unpaired) electrons. The molecule has 0 aliphatic rings. The zero-order valence-corrected chi connectivity index (χ0v) is 16.0. The number of phenolic OH excluding ortho intramolecular Hbond substituents is 1. The third-order valence-electron chi connectivity index (χ3n) is 4.43. The van der Waals surface area contributed by atoms with E-state index in [-0.39, 0.29) is 10.6 Å². The van der Waals surface area contributed by atoms with Gasteiger partial charge in [0.15, 0.2) is 0 Å². The zero-order chi connectivity index (χ0) is 19.8. The van der Waals surface area contributed by atoms with Crippen molar-refractivity contribution in [1.82, 2.24) is 4.57 Å². The lowest BCUT2D eigenvalue weighted by Crippen LogP contribution is -2.02. The van der Waals surface area contributed by atoms with E-state index in [0.29, 0.717) is 17.1 Å². The Labute approximate surface area is 169 Å². The van der Waals surface area contributed by atoms with E-state index in [9.17, 15) is 15.0 Å². The predicted molar refractivity (Wildman–Crippen MR) is 109 cm³/mol. The van der Waals surface area contributed by atoms with Crippen LogP contribution in [0.25, 0.3) is 21.5 Å². The van der Waals surface area contributed by atoms with Crippen molar-refractivity contribution >= 4 is 39.1 Å². The van der Waals surface area contributed by atoms with Gasteiger partial charge in [-0.2, -0.15) is 5.26 Å². The van der Waals surface area contributed by atoms with Crippen molar-refractivity contribution in [3.05, 3.63) is 75.6 Å². The summed E-state index contributed by atoms with van der Waals surface area (Å²) in [6, 6.07) is 17.7. The Hall–Kier alpha value is -3.27. The van der Waals surface area contributed by atoms with Gasteiger partial charge in [0.25, 0.3) is 0 Å². The number of nitriles is 1. The lowest BCUT2D eigenvalue weighted by atomic mass is 10.1. The number of carboxylic acids is 1. The van der Waals surface area contributed by atoms with E-state index >= 15 is 0 Å². The van der Waals surface area contributed by atoms with Crippen LogP contribution in [0.5, 0.6) is 5.75 Å². The van der Waals surface area contributed by atoms with Crippen molar-refractivity contribution < 1.29 is 15.0 Å². The summed E-state index contributed by atoms with van der Waals surface area (Å²) >= 11 is 7.55. The van der Waals surface area contributed by atoms with Crippen LogP contribution in [0.3, 0.4) is 0 Å². The Morgan fingerprint density at radius 3 is 2.71 bits per heavy atom. The first-order valence-corrected chi connectivity index (χ1v) is 9.50. The third-order valence-corrected chi connectivity index (χ3v) is 5.80. The Morgan fingerprint density at radius 2 is 2.00 bits per heavy atom. The summed E-state index contributed by atoms with van der Waals surface area (Å²) in [5.74, 6) is -0.896. The molecule has 0 fully saturated rings. The first-order chi connectivity index (χ1) is 13.5. The molecule has 2 heterocycles. The lowest BCUT2D eigenvalue weighted by molar-refractivity contribution is 0.0702. The largest absolute Gasteiger partial charge is 0.508 e. The van der Waals surface area contributed by atoms with Crippen LogP contribution in [0, 0.1) is 11.3 Å². The van der Waals surface area contributed by atoms with E-state index < -0.39 is 5.97 Å². The number of aromatic carboxylic acids is 1. The van der Waals surface area contributed by atoms with Gasteiger partial charge in [0.05, 0.1) is 32.6 Å². The molecule has 4 rings (SSSR count). The number of nitrogens with zero attached hydrogens (tertiary/aromatic N) is 2. The van der Waals surface area contributed by atoms with Crippen LogP contribution in [0.2, 0.25) is 5.02 Å². The fourth-order valence-electron chi connectivity index (χ4n) is 3.17. The van der Waals surface area contributed by atoms with E-state index in [2.05, 4.69) is 6.07 Å². The molecule has 0 saturated heterocycles. The smallest absolute Gasteiger partial charge is 0.345 e. The quantitative estimate of drug-likeness (QED) is 0.476. The number of aromatic nitrogens is 1. The highest BCUT2D eigenvalue weighted by atomic mass is 35.5. The van der Waals surface area contributed by atoms with Crippen molar-refractivity contribution in [2.75, 3.05) is 0 Å². The molecule has 0 amide bonds. The maximum atomic E-state index is 11.4. The fourth-order valence-corrected chi connectivity index (χ4v) is 4.38. The minimum atomic E-state index is -0.969. The van der Waals surface area contributed by atoms with Crippen molar-refractivity contribution in [1.29, 1.82) is 5.26 Å². The van der Waals surface area contributed by atoms with Gasteiger partial charge in [-0.3, -0.25) is 0 Å². The molecule has 0 saturated carbocycles. The lowest BCUT2D eigenvalue weighted by Gasteiger charge is -2.12. The van der Waals surface area contributed by atoms with Crippen molar-refractivity contribution in [2.24, 2.45) is 0 Å². The fraction of sp³-hybridized carbons (Fsp3) is 0.0476. The van der Waals surface area contributed by atoms with Crippen molar-refractivity contribution in [2.45, 2.75) is 6.54 Å². The van der Waals surface area contributed by atoms with Crippen LogP contribution in [0.4, 0.5) is 0 Å². The SMILES string of the molecule is N#Cc1cccc(Cn2c(-c3ccc(O)cc3Cl)cc3sc(C(=O)O)cc32)c1. The number of hydrogen-bond donors (Lipinski definition) is 2. The van der Waals surface area contributed by atoms with Crippen LogP contribution in [-0.2, 0) is 6.54 Å². The Morgan fingerprint density at radius 1 is 1.18 bits per heavy atom. The van der Waals surface area contributed by atoms with Crippen molar-refractivity contribution in [3.8, 4) is 23.1 Å². The number of halogens is 1. The molecule has 7 heteroatoms. The molecule has 0 bridgehead atoms. The van der Waals surface area contributed by atoms with Gasteiger partial charge in [-0.15, -0.1) is 11.3 Å². The molecule has 2 aromatic carbocycles. The molecule has 2 aromatic heterocycles. The molecule has 138 valence electrons. The summed E-state index contributed by atoms with van der Waals surface area (Å²) in [7, 11) is 0. The molecule has 5 nitrogen and oxygen atoms in total. The number of rotatable bonds is 4. The second-order valence-electron chi connectivity index (χ2n) is 6.26. The topological polar surface area (TPSA) is 86.3 Å². The number of carboxylic acid groups (broad SMARTS) is 1. The molecule has 2 N–H and O–H groups in total. The molecule has 28 heavy (non-hydrogen) atoms. The maximum absolute atomic E-state index is 11.4. The summed E-state index contributed by atoms with van der Waals surface area (Å²) < 4.78 is 2.81. The molecule has 0 aliphatic carbocycles. The average molecular weight is 409 g/mol. The molecule has 0 aliphatic heterocycles. The molecule has 0 unspecified atom stereocenters. The van der Waals surface area contributed by atoms with Gasteiger partial charge < -0.3 is 14.8 Å². The van der Waals surface area contributed by atoms with E-state index in [1.54, 1.807) is 30.3 Å². The number of benzene rings is 2. The number of aromatic hydroxyl groups is 1. The first-order valence-electron chi connectivity index (χ1n) is 8.30. The highest BCUT2D eigenvalue weighted by molar-refractivity contribution is 7.20. The van der Waals surface area contributed by atoms with E-state index in [1.165, 1.54) is 17.4 Å². The van der Waals surface area contributed by atoms with Crippen LogP contribution < -0.4 is 0 Å². The van der Waals surface area contributed by atoms with Gasteiger partial charge in [0.1, 0.15) is 10.6 Å². The standard InChI is InChI=1S/C21H13ClN2O3S/c22-16-7-14(25)4-5-15(16)17-8-19-18(9-20(28-19)21(26)27)24(17)11-13-3-1-2-12(6-13)10-23/h1-9,25H,11H2,(H,26,27). The minimum Gasteiger partial charge on any atom is -0.508 e. The summed E-state index contributed by atoms with van der Waals surface area (Å²) in [6.45, 7) is 0.446. The van der Waals surface area contributed by atoms with Gasteiger partial charge in [-0.25, -0.2) is 4.79 Å². The Balaban J connectivity index is 1.91. The summed E-state index contributed by atoms with van der Waals surface area (Å²) in [4.78, 5) is 11.6. The van der Waals surface area contributed by atoms with E-state index in [1.807, 2.05) is 22.8 Å². The van der Waals surface area contributed by atoms with E-state index in [4.69, 9.17) is 16.9 Å². The molecular formula is C21H13ClN2O3S. The van der Waals surface area contributed by atoms with Crippen molar-refractivity contribution in [3.63, 3.8) is 0 Å². The molecule has 0 atom stereocenters. The molecular weight excluding hydrogens is 396 g/mol. The van der Waals surface area contributed by atoms with Crippen LogP contribution in [0.1, 0.15) is 20.8 Å². The maximum Gasteiger partial charge on any atom is 0.345 e. The van der Waals surface area contributed by atoms with Crippen LogP contribution in [-0.4, -0.2) is 20.7 Å². The van der Waals surface area contributed by atoms with Gasteiger partial charge in [0, 0.05) is 12.1 Å². The third kappa shape index (κ3) is 3.22. The Bertz CT molecular complexity index is 1270. The number of carbonyl (C=O) groups is 1. The second-order valence-corrected chi connectivity index (χ2v) is 7.75. The average Bonchev–Trinajstić information content (AvgIpc) is 3.22. The predicted octanol–water partition coefficient (Wildman–Crippen LogP) is 5.35.